The first-order valence-electron chi connectivity index (χ1n) is 16.5. The number of hydrogen-bond acceptors (Lipinski definition) is 8. The van der Waals surface area contributed by atoms with E-state index in [9.17, 15) is 23.1 Å². The van der Waals surface area contributed by atoms with Crippen molar-refractivity contribution in [1.82, 2.24) is 13.9 Å². The second-order valence-corrected chi connectivity index (χ2v) is 15.6. The first-order valence-corrected chi connectivity index (χ1v) is 18.3. The van der Waals surface area contributed by atoms with Crippen molar-refractivity contribution in [2.75, 3.05) is 52.8 Å². The van der Waals surface area contributed by atoms with Gasteiger partial charge in [0.05, 0.1) is 18.2 Å². The summed E-state index contributed by atoms with van der Waals surface area (Å²) in [4.78, 5) is 31.0. The predicted molar refractivity (Wildman–Crippen MR) is 185 cm³/mol. The fraction of sp³-hybridized carbons (Fsp3) is 0.543. The van der Waals surface area contributed by atoms with Crippen molar-refractivity contribution in [1.29, 1.82) is 0 Å². The Labute approximate surface area is 289 Å². The molecule has 2 N–H and O–H groups in total. The van der Waals surface area contributed by atoms with Crippen LogP contribution in [0.1, 0.15) is 55.2 Å². The molecule has 2 amide bonds. The monoisotopic (exact) mass is 702 g/mol. The minimum Gasteiger partial charge on any atom is -0.487 e. The van der Waals surface area contributed by atoms with Gasteiger partial charge < -0.3 is 24.4 Å². The van der Waals surface area contributed by atoms with E-state index in [2.05, 4.69) is 11.0 Å². The number of hydrogen-bond donors (Lipinski definition) is 2. The number of aryl methyl sites for hydroxylation is 1. The molecular weight excluding hydrogens is 656 g/mol. The molecule has 0 unspecified atom stereocenters. The predicted octanol–water partition coefficient (Wildman–Crippen LogP) is 4.02. The van der Waals surface area contributed by atoms with Crippen molar-refractivity contribution < 1.29 is 32.6 Å². The third-order valence-corrected chi connectivity index (χ3v) is 11.6. The average molecular weight is 703 g/mol. The molecule has 1 saturated carbocycles. The number of methoxy groups -OCH3 is 1. The van der Waals surface area contributed by atoms with Crippen LogP contribution in [0, 0.1) is 11.8 Å². The van der Waals surface area contributed by atoms with E-state index in [0.29, 0.717) is 54.4 Å². The maximum Gasteiger partial charge on any atom is 0.303 e. The summed E-state index contributed by atoms with van der Waals surface area (Å²) < 4.78 is 40.7. The lowest BCUT2D eigenvalue weighted by Gasteiger charge is -2.43. The summed E-state index contributed by atoms with van der Waals surface area (Å²) in [6.07, 6.45) is 8.57. The van der Waals surface area contributed by atoms with Crippen molar-refractivity contribution in [3.63, 3.8) is 0 Å². The molecular formula is C35H47ClN4O7S. The number of nitrogens with zero attached hydrogens (tertiary/aromatic N) is 3. The van der Waals surface area contributed by atoms with Gasteiger partial charge in [-0.3, -0.25) is 9.59 Å². The lowest BCUT2D eigenvalue weighted by Crippen LogP contribution is -2.51. The van der Waals surface area contributed by atoms with Crippen LogP contribution in [0.25, 0.3) is 0 Å². The smallest absolute Gasteiger partial charge is 0.303 e. The van der Waals surface area contributed by atoms with Crippen molar-refractivity contribution in [2.45, 2.75) is 63.3 Å². The zero-order valence-electron chi connectivity index (χ0n) is 28.2. The van der Waals surface area contributed by atoms with Gasteiger partial charge in [-0.15, -0.1) is 0 Å². The molecule has 2 heterocycles. The van der Waals surface area contributed by atoms with Crippen LogP contribution in [0.2, 0.25) is 5.02 Å². The van der Waals surface area contributed by atoms with Crippen molar-refractivity contribution in [3.8, 4) is 5.75 Å². The van der Waals surface area contributed by atoms with Gasteiger partial charge in [-0.1, -0.05) is 35.9 Å². The summed E-state index contributed by atoms with van der Waals surface area (Å²) in [5.74, 6) is -0.557. The van der Waals surface area contributed by atoms with Crippen molar-refractivity contribution in [2.24, 2.45) is 11.8 Å². The number of halogens is 1. The van der Waals surface area contributed by atoms with E-state index in [4.69, 9.17) is 21.1 Å². The third kappa shape index (κ3) is 8.00. The van der Waals surface area contributed by atoms with Crippen LogP contribution in [-0.2, 0) is 43.2 Å². The number of ether oxygens (including phenoxy) is 2. The number of nitrogens with one attached hydrogen (secondary N) is 1. The van der Waals surface area contributed by atoms with E-state index < -0.39 is 34.0 Å². The maximum absolute atomic E-state index is 13.8. The van der Waals surface area contributed by atoms with Gasteiger partial charge in [-0.05, 0) is 91.3 Å². The first kappa shape index (κ1) is 36.1. The number of rotatable bonds is 4. The van der Waals surface area contributed by atoms with Gasteiger partial charge in [0.2, 0.25) is 5.91 Å². The van der Waals surface area contributed by atoms with Gasteiger partial charge in [0, 0.05) is 52.9 Å². The van der Waals surface area contributed by atoms with Crippen LogP contribution in [0.4, 0.5) is 5.69 Å². The standard InChI is InChI=1S/C35H47ClN4O7S/c1-38(2)48(44,45)37-34(42)35(43)21-33(41)39(3)17-7-6-10-31(46-4)29-15-12-25(29)22-40-18-8-5-9-24-19-28(36)14-11-26(24)23-47-32-16-13-27(35)20-30(32)40/h6,10-11,13-14,16,19-20,25,29,31,43H,5,7-9,12,15,17-18,21-23H2,1-4H3,(H,37,42)/b10-6+/t25-,29+,31-,35+/m0/s1. The molecule has 0 saturated heterocycles. The average Bonchev–Trinajstić information content (AvgIpc) is 3.06. The van der Waals surface area contributed by atoms with Gasteiger partial charge in [0.15, 0.2) is 5.60 Å². The highest BCUT2D eigenvalue weighted by atomic mass is 35.5. The summed E-state index contributed by atoms with van der Waals surface area (Å²) >= 11 is 6.35. The van der Waals surface area contributed by atoms with Crippen LogP contribution in [0.15, 0.2) is 48.6 Å². The van der Waals surface area contributed by atoms with E-state index in [-0.39, 0.29) is 18.3 Å². The van der Waals surface area contributed by atoms with E-state index in [1.807, 2.05) is 29.0 Å². The highest BCUT2D eigenvalue weighted by molar-refractivity contribution is 7.87. The summed E-state index contributed by atoms with van der Waals surface area (Å²) in [5, 5.41) is 12.8. The Bertz CT molecular complexity index is 1630. The topological polar surface area (TPSA) is 129 Å². The second-order valence-electron chi connectivity index (χ2n) is 13.3. The molecule has 1 fully saturated rings. The first-order chi connectivity index (χ1) is 22.8. The molecule has 1 aliphatic carbocycles. The van der Waals surface area contributed by atoms with Gasteiger partial charge in [-0.25, -0.2) is 4.72 Å². The third-order valence-electron chi connectivity index (χ3n) is 9.95. The van der Waals surface area contributed by atoms with Crippen LogP contribution >= 0.6 is 11.6 Å². The summed E-state index contributed by atoms with van der Waals surface area (Å²) in [6.45, 7) is 1.99. The maximum atomic E-state index is 13.8. The van der Waals surface area contributed by atoms with E-state index >= 15 is 0 Å². The summed E-state index contributed by atoms with van der Waals surface area (Å²) in [6, 6.07) is 10.7. The molecule has 11 nitrogen and oxygen atoms in total. The fourth-order valence-electron chi connectivity index (χ4n) is 6.71. The molecule has 48 heavy (non-hydrogen) atoms. The summed E-state index contributed by atoms with van der Waals surface area (Å²) in [5.41, 5.74) is 0.401. The van der Waals surface area contributed by atoms with E-state index in [1.165, 1.54) is 25.1 Å². The van der Waals surface area contributed by atoms with Crippen molar-refractivity contribution >= 4 is 39.3 Å². The lowest BCUT2D eigenvalue weighted by atomic mass is 9.70. The Morgan fingerprint density at radius 1 is 1.12 bits per heavy atom. The Balaban J connectivity index is 1.63. The van der Waals surface area contributed by atoms with Crippen LogP contribution in [0.3, 0.4) is 0 Å². The fourth-order valence-corrected chi connectivity index (χ4v) is 7.49. The lowest BCUT2D eigenvalue weighted by molar-refractivity contribution is -0.148. The quantitative estimate of drug-likeness (QED) is 0.458. The number of carbonyl (C=O) groups excluding carboxylic acids is 2. The Morgan fingerprint density at radius 2 is 1.92 bits per heavy atom. The minimum absolute atomic E-state index is 0.0599. The molecule has 0 aromatic heterocycles. The SMILES string of the molecule is CO[C@H]1/C=C/CCN(C)C(=O)C[C@](O)(C(=O)NS(=O)(=O)N(C)C)c2ccc3c(c2)N(CCCCc2cc(Cl)ccc2CO3)C[C@@H]2CC[C@H]21. The number of fused-ring (bicyclic) bond motifs is 3. The molecule has 13 heteroatoms. The number of benzene rings is 2. The normalized spacial score (nSPS) is 26.3. The molecule has 4 atom stereocenters. The van der Waals surface area contributed by atoms with Gasteiger partial charge in [0.1, 0.15) is 12.4 Å². The Morgan fingerprint density at radius 3 is 2.62 bits per heavy atom. The number of aliphatic hydroxyl groups is 1. The number of anilines is 1. The molecule has 5 rings (SSSR count). The van der Waals surface area contributed by atoms with Gasteiger partial charge >= 0.3 is 10.2 Å². The van der Waals surface area contributed by atoms with Crippen LogP contribution < -0.4 is 14.4 Å². The van der Waals surface area contributed by atoms with E-state index in [0.717, 1.165) is 47.5 Å². The Kier molecular flexibility index (Phi) is 11.4. The molecule has 2 bridgehead atoms. The molecule has 2 aromatic rings. The van der Waals surface area contributed by atoms with Gasteiger partial charge in [0.25, 0.3) is 5.91 Å². The number of carbonyl (C=O) groups is 2. The zero-order chi connectivity index (χ0) is 34.6. The zero-order valence-corrected chi connectivity index (χ0v) is 29.7. The minimum atomic E-state index is -4.28. The van der Waals surface area contributed by atoms with Crippen molar-refractivity contribution in [3.05, 3.63) is 70.3 Å². The molecule has 2 aromatic carbocycles. The molecule has 0 spiro atoms. The van der Waals surface area contributed by atoms with Crippen LogP contribution in [0.5, 0.6) is 5.75 Å². The molecule has 0 radical (unpaired) electrons. The highest BCUT2D eigenvalue weighted by Gasteiger charge is 2.44. The van der Waals surface area contributed by atoms with Gasteiger partial charge in [-0.2, -0.15) is 12.7 Å². The largest absolute Gasteiger partial charge is 0.487 e. The molecule has 3 aliphatic rings. The molecule has 262 valence electrons. The molecule has 2 aliphatic heterocycles. The Hall–Kier alpha value is -3.16. The highest BCUT2D eigenvalue weighted by Crippen LogP contribution is 2.42. The van der Waals surface area contributed by atoms with E-state index in [1.54, 1.807) is 26.3 Å². The second kappa shape index (κ2) is 15.2. The van der Waals surface area contributed by atoms with Crippen LogP contribution in [-0.4, -0.2) is 88.5 Å². The summed E-state index contributed by atoms with van der Waals surface area (Å²) in [7, 11) is 1.59. The number of amides is 2.